The molecule has 0 amide bonds. The van der Waals surface area contributed by atoms with E-state index in [0.717, 1.165) is 12.3 Å². The van der Waals surface area contributed by atoms with E-state index < -0.39 is 21.8 Å². The number of hydrogen-bond acceptors (Lipinski definition) is 4. The first-order chi connectivity index (χ1) is 11.4. The molecule has 0 spiro atoms. The third-order valence-electron chi connectivity index (χ3n) is 3.23. The molecule has 6 nitrogen and oxygen atoms in total. The molecule has 0 fully saturated rings. The van der Waals surface area contributed by atoms with E-state index in [1.165, 1.54) is 37.3 Å². The Morgan fingerprint density at radius 3 is 1.68 bits per heavy atom. The zero-order valence-corrected chi connectivity index (χ0v) is 14.6. The summed E-state index contributed by atoms with van der Waals surface area (Å²) in [5.41, 5.74) is 1.01. The Morgan fingerprint density at radius 1 is 0.880 bits per heavy atom. The topological polar surface area (TPSA) is 109 Å². The van der Waals surface area contributed by atoms with E-state index in [9.17, 15) is 22.4 Å². The van der Waals surface area contributed by atoms with Crippen LogP contribution in [0.4, 0.5) is 4.39 Å². The van der Waals surface area contributed by atoms with E-state index in [-0.39, 0.29) is 21.8 Å². The molecule has 0 radical (unpaired) electrons. The van der Waals surface area contributed by atoms with Crippen LogP contribution < -0.4 is 0 Å². The Morgan fingerprint density at radius 2 is 1.32 bits per heavy atom. The molecule has 8 heteroatoms. The molecule has 0 aliphatic rings. The van der Waals surface area contributed by atoms with Gasteiger partial charge in [-0.05, 0) is 61.4 Å². The fourth-order valence-corrected chi connectivity index (χ4v) is 2.94. The molecule has 0 aromatic heterocycles. The van der Waals surface area contributed by atoms with Crippen LogP contribution in [0.3, 0.4) is 0 Å². The summed E-state index contributed by atoms with van der Waals surface area (Å²) in [7, 11) is -3.27. The molecule has 0 atom stereocenters. The van der Waals surface area contributed by atoms with E-state index >= 15 is 0 Å². The van der Waals surface area contributed by atoms with E-state index in [0.29, 0.717) is 11.1 Å². The number of carboxylic acid groups (broad SMARTS) is 2. The molecule has 0 unspecified atom stereocenters. The zero-order valence-electron chi connectivity index (χ0n) is 13.8. The normalized spacial score (nSPS) is 10.6. The number of halogens is 1. The van der Waals surface area contributed by atoms with Crippen molar-refractivity contribution in [2.45, 2.75) is 18.7 Å². The minimum Gasteiger partial charge on any atom is -0.478 e. The number of hydrogen-bond donors (Lipinski definition) is 2. The highest BCUT2D eigenvalue weighted by Crippen LogP contribution is 2.16. The predicted octanol–water partition coefficient (Wildman–Crippen LogP) is 2.93. The third kappa shape index (κ3) is 5.68. The minimum atomic E-state index is -3.27. The molecule has 2 aromatic carbocycles. The molecule has 0 heterocycles. The van der Waals surface area contributed by atoms with Gasteiger partial charge in [0.15, 0.2) is 9.84 Å². The highest BCUT2D eigenvalue weighted by Gasteiger charge is 2.12. The fourth-order valence-electron chi connectivity index (χ4n) is 1.98. The van der Waals surface area contributed by atoms with Gasteiger partial charge >= 0.3 is 11.9 Å². The van der Waals surface area contributed by atoms with Gasteiger partial charge in [-0.1, -0.05) is 0 Å². The number of carbonyl (C=O) groups is 2. The van der Waals surface area contributed by atoms with Crippen LogP contribution in [0.15, 0.2) is 41.3 Å². The largest absolute Gasteiger partial charge is 0.478 e. The average Bonchev–Trinajstić information content (AvgIpc) is 2.49. The lowest BCUT2D eigenvalue weighted by molar-refractivity contribution is 0.0686. The molecule has 2 rings (SSSR count). The fraction of sp³-hybridized carbons (Fsp3) is 0.176. The molecule has 25 heavy (non-hydrogen) atoms. The Bertz CT molecular complexity index is 919. The van der Waals surface area contributed by atoms with Crippen molar-refractivity contribution in [2.24, 2.45) is 0 Å². The smallest absolute Gasteiger partial charge is 0.335 e. The van der Waals surface area contributed by atoms with Crippen molar-refractivity contribution >= 4 is 21.8 Å². The molecular weight excluding hydrogens is 351 g/mol. The summed E-state index contributed by atoms with van der Waals surface area (Å²) in [6, 6.07) is 7.64. The van der Waals surface area contributed by atoms with E-state index in [4.69, 9.17) is 10.2 Å². The Labute approximate surface area is 144 Å². The molecule has 2 N–H and O–H groups in total. The van der Waals surface area contributed by atoms with Gasteiger partial charge in [-0.3, -0.25) is 0 Å². The lowest BCUT2D eigenvalue weighted by atomic mass is 10.1. The van der Waals surface area contributed by atoms with Crippen molar-refractivity contribution in [2.75, 3.05) is 6.26 Å². The zero-order chi connectivity index (χ0) is 19.4. The van der Waals surface area contributed by atoms with Crippen LogP contribution in [0.5, 0.6) is 0 Å². The maximum absolute atomic E-state index is 12.6. The number of aromatic carboxylic acids is 2. The maximum Gasteiger partial charge on any atom is 0.335 e. The van der Waals surface area contributed by atoms with Crippen molar-refractivity contribution < 1.29 is 32.6 Å². The Kier molecular flexibility index (Phi) is 6.41. The third-order valence-corrected chi connectivity index (χ3v) is 4.48. The van der Waals surface area contributed by atoms with E-state index in [2.05, 4.69) is 0 Å². The van der Waals surface area contributed by atoms with Crippen LogP contribution in [-0.2, 0) is 9.84 Å². The van der Waals surface area contributed by atoms with Crippen LogP contribution in [0.1, 0.15) is 31.8 Å². The van der Waals surface area contributed by atoms with Gasteiger partial charge in [-0.2, -0.15) is 0 Å². The van der Waals surface area contributed by atoms with Crippen LogP contribution in [0.25, 0.3) is 0 Å². The summed E-state index contributed by atoms with van der Waals surface area (Å²) in [6.07, 6.45) is 1.09. The first-order valence-electron chi connectivity index (χ1n) is 6.97. The van der Waals surface area contributed by atoms with Crippen LogP contribution in [0.2, 0.25) is 0 Å². The van der Waals surface area contributed by atoms with E-state index in [1.807, 2.05) is 0 Å². The van der Waals surface area contributed by atoms with Gasteiger partial charge in [0.2, 0.25) is 0 Å². The van der Waals surface area contributed by atoms with Gasteiger partial charge in [0.25, 0.3) is 0 Å². The van der Waals surface area contributed by atoms with E-state index in [1.54, 1.807) is 6.92 Å². The van der Waals surface area contributed by atoms with Crippen LogP contribution >= 0.6 is 0 Å². The quantitative estimate of drug-likeness (QED) is 0.862. The molecule has 0 bridgehead atoms. The SMILES string of the molecule is Cc1cc(C(=O)O)ccc1F.Cc1cc(C(=O)O)ccc1S(C)(=O)=O. The molecule has 0 aliphatic heterocycles. The number of benzene rings is 2. The van der Waals surface area contributed by atoms with Gasteiger partial charge in [0, 0.05) is 6.26 Å². The lowest BCUT2D eigenvalue weighted by Crippen LogP contribution is -2.03. The van der Waals surface area contributed by atoms with Crippen molar-refractivity contribution in [3.05, 3.63) is 64.5 Å². The first kappa shape index (κ1) is 20.3. The highest BCUT2D eigenvalue weighted by atomic mass is 32.2. The number of carboxylic acids is 2. The highest BCUT2D eigenvalue weighted by molar-refractivity contribution is 7.90. The average molecular weight is 368 g/mol. The van der Waals surface area contributed by atoms with Gasteiger partial charge in [0.05, 0.1) is 16.0 Å². The minimum absolute atomic E-state index is 0.0925. The summed E-state index contributed by atoms with van der Waals surface area (Å²) in [5.74, 6) is -2.48. The number of rotatable bonds is 3. The Balaban J connectivity index is 0.000000257. The number of aryl methyl sites for hydroxylation is 2. The standard InChI is InChI=1S/C9H10O4S.C8H7FO2/c1-6-5-7(9(10)11)3-4-8(6)14(2,12)13;1-5-4-6(8(10)11)2-3-7(5)9/h3-5H,1-2H3,(H,10,11);2-4H,1H3,(H,10,11). The monoisotopic (exact) mass is 368 g/mol. The summed E-state index contributed by atoms with van der Waals surface area (Å²) < 4.78 is 34.9. The Hall–Kier alpha value is -2.74. The predicted molar refractivity (Wildman–Crippen MR) is 89.3 cm³/mol. The lowest BCUT2D eigenvalue weighted by Gasteiger charge is -2.03. The molecular formula is C17H17FO6S. The molecule has 2 aromatic rings. The maximum atomic E-state index is 12.6. The van der Waals surface area contributed by atoms with Gasteiger partial charge in [0.1, 0.15) is 5.82 Å². The molecule has 0 saturated carbocycles. The summed E-state index contributed by atoms with van der Waals surface area (Å²) in [6.45, 7) is 3.10. The molecule has 134 valence electrons. The van der Waals surface area contributed by atoms with Gasteiger partial charge in [-0.25, -0.2) is 22.4 Å². The van der Waals surface area contributed by atoms with Crippen LogP contribution in [-0.4, -0.2) is 36.8 Å². The van der Waals surface area contributed by atoms with Crippen molar-refractivity contribution in [3.8, 4) is 0 Å². The molecule has 0 aliphatic carbocycles. The van der Waals surface area contributed by atoms with Crippen molar-refractivity contribution in [3.63, 3.8) is 0 Å². The van der Waals surface area contributed by atoms with Crippen molar-refractivity contribution in [1.29, 1.82) is 0 Å². The van der Waals surface area contributed by atoms with Gasteiger partial charge in [-0.15, -0.1) is 0 Å². The summed E-state index contributed by atoms with van der Waals surface area (Å²) in [5, 5.41) is 17.1. The second-order valence-corrected chi connectivity index (χ2v) is 7.31. The summed E-state index contributed by atoms with van der Waals surface area (Å²) in [4.78, 5) is 21.1. The number of sulfone groups is 1. The summed E-state index contributed by atoms with van der Waals surface area (Å²) >= 11 is 0. The molecule has 0 saturated heterocycles. The van der Waals surface area contributed by atoms with Crippen LogP contribution in [0, 0.1) is 19.7 Å². The van der Waals surface area contributed by atoms with Crippen molar-refractivity contribution in [1.82, 2.24) is 0 Å². The second-order valence-electron chi connectivity index (χ2n) is 5.33. The first-order valence-corrected chi connectivity index (χ1v) is 8.86. The second kappa shape index (κ2) is 7.89. The van der Waals surface area contributed by atoms with Gasteiger partial charge < -0.3 is 10.2 Å².